The summed E-state index contributed by atoms with van der Waals surface area (Å²) in [5.41, 5.74) is 2.32. The Kier molecular flexibility index (Phi) is 3.86. The maximum Gasteiger partial charge on any atom is 0.356 e. The zero-order chi connectivity index (χ0) is 15.1. The monoisotopic (exact) mass is 344 g/mol. The molecule has 0 fully saturated rings. The first-order chi connectivity index (χ1) is 9.99. The summed E-state index contributed by atoms with van der Waals surface area (Å²) in [6, 6.07) is 3.15. The van der Waals surface area contributed by atoms with Gasteiger partial charge in [0.05, 0.1) is 20.8 Å². The van der Waals surface area contributed by atoms with Gasteiger partial charge in [-0.25, -0.2) is 9.48 Å². The molecular formula is C14H11Cl3N2O2. The van der Waals surface area contributed by atoms with E-state index in [0.29, 0.717) is 20.8 Å². The van der Waals surface area contributed by atoms with Gasteiger partial charge in [0, 0.05) is 11.3 Å². The third kappa shape index (κ3) is 2.52. The molecule has 2 aromatic rings. The zero-order valence-corrected chi connectivity index (χ0v) is 13.1. The molecule has 0 amide bonds. The fourth-order valence-corrected chi connectivity index (χ4v) is 3.27. The molecule has 1 aliphatic carbocycles. The lowest BCUT2D eigenvalue weighted by Crippen LogP contribution is -2.08. The molecule has 7 heteroatoms. The van der Waals surface area contributed by atoms with E-state index >= 15 is 0 Å². The molecule has 0 spiro atoms. The second-order valence-electron chi connectivity index (χ2n) is 4.92. The second-order valence-corrected chi connectivity index (χ2v) is 6.14. The van der Waals surface area contributed by atoms with E-state index in [1.54, 1.807) is 10.7 Å². The Morgan fingerprint density at radius 1 is 1.10 bits per heavy atom. The van der Waals surface area contributed by atoms with Crippen molar-refractivity contribution in [3.05, 3.63) is 44.2 Å². The van der Waals surface area contributed by atoms with Gasteiger partial charge in [-0.15, -0.1) is 0 Å². The van der Waals surface area contributed by atoms with Crippen LogP contribution in [-0.2, 0) is 12.8 Å². The highest BCUT2D eigenvalue weighted by Crippen LogP contribution is 2.34. The molecule has 0 unspecified atom stereocenters. The quantitative estimate of drug-likeness (QED) is 0.820. The van der Waals surface area contributed by atoms with Gasteiger partial charge in [0.2, 0.25) is 0 Å². The first kappa shape index (κ1) is 14.7. The first-order valence-corrected chi connectivity index (χ1v) is 7.61. The molecule has 1 heterocycles. The summed E-state index contributed by atoms with van der Waals surface area (Å²) in [4.78, 5) is 11.4. The zero-order valence-electron chi connectivity index (χ0n) is 10.9. The van der Waals surface area contributed by atoms with Crippen molar-refractivity contribution in [1.82, 2.24) is 9.78 Å². The van der Waals surface area contributed by atoms with Crippen molar-refractivity contribution in [2.24, 2.45) is 0 Å². The van der Waals surface area contributed by atoms with Crippen LogP contribution in [0.25, 0.3) is 5.69 Å². The Bertz CT molecular complexity index is 740. The van der Waals surface area contributed by atoms with Crippen molar-refractivity contribution in [1.29, 1.82) is 0 Å². The van der Waals surface area contributed by atoms with Gasteiger partial charge in [-0.1, -0.05) is 34.8 Å². The van der Waals surface area contributed by atoms with Gasteiger partial charge < -0.3 is 5.11 Å². The molecule has 21 heavy (non-hydrogen) atoms. The highest BCUT2D eigenvalue weighted by Gasteiger charge is 2.26. The van der Waals surface area contributed by atoms with Crippen molar-refractivity contribution in [2.45, 2.75) is 25.7 Å². The van der Waals surface area contributed by atoms with E-state index in [0.717, 1.165) is 36.9 Å². The van der Waals surface area contributed by atoms with Crippen molar-refractivity contribution in [2.75, 3.05) is 0 Å². The van der Waals surface area contributed by atoms with Gasteiger partial charge in [-0.2, -0.15) is 5.10 Å². The summed E-state index contributed by atoms with van der Waals surface area (Å²) in [5, 5.41) is 14.6. The molecule has 0 aliphatic heterocycles. The summed E-state index contributed by atoms with van der Waals surface area (Å²) >= 11 is 18.2. The summed E-state index contributed by atoms with van der Waals surface area (Å²) in [7, 11) is 0. The van der Waals surface area contributed by atoms with Gasteiger partial charge in [0.15, 0.2) is 5.69 Å². The summed E-state index contributed by atoms with van der Waals surface area (Å²) < 4.78 is 1.59. The lowest BCUT2D eigenvalue weighted by atomic mass is 9.95. The number of carbonyl (C=O) groups is 1. The number of hydrogen-bond donors (Lipinski definition) is 1. The van der Waals surface area contributed by atoms with Gasteiger partial charge in [0.1, 0.15) is 0 Å². The van der Waals surface area contributed by atoms with Crippen LogP contribution in [0.2, 0.25) is 15.1 Å². The number of hydrogen-bond acceptors (Lipinski definition) is 2. The third-order valence-electron chi connectivity index (χ3n) is 3.60. The fraction of sp³-hybridized carbons (Fsp3) is 0.286. The van der Waals surface area contributed by atoms with E-state index < -0.39 is 5.97 Å². The van der Waals surface area contributed by atoms with Crippen LogP contribution < -0.4 is 0 Å². The van der Waals surface area contributed by atoms with Gasteiger partial charge in [0.25, 0.3) is 0 Å². The Labute approximate surface area is 136 Å². The van der Waals surface area contributed by atoms with Crippen LogP contribution in [0.1, 0.15) is 34.6 Å². The SMILES string of the molecule is O=C(O)c1nn(-c2cc(Cl)c(Cl)cc2Cl)c2c1CCCC2. The highest BCUT2D eigenvalue weighted by atomic mass is 35.5. The number of benzene rings is 1. The van der Waals surface area contributed by atoms with Gasteiger partial charge >= 0.3 is 5.97 Å². The summed E-state index contributed by atoms with van der Waals surface area (Å²) in [5.74, 6) is -1.02. The van der Waals surface area contributed by atoms with Crippen molar-refractivity contribution in [3.8, 4) is 5.69 Å². The second kappa shape index (κ2) is 5.52. The Hall–Kier alpha value is -1.23. The van der Waals surface area contributed by atoms with Crippen molar-refractivity contribution >= 4 is 40.8 Å². The summed E-state index contributed by atoms with van der Waals surface area (Å²) in [6.45, 7) is 0. The molecule has 1 aliphatic rings. The van der Waals surface area contributed by atoms with E-state index in [-0.39, 0.29) is 5.69 Å². The normalized spacial score (nSPS) is 14.0. The molecule has 0 atom stereocenters. The molecular weight excluding hydrogens is 335 g/mol. The molecule has 3 rings (SSSR count). The van der Waals surface area contributed by atoms with Crippen LogP contribution in [0.3, 0.4) is 0 Å². The number of fused-ring (bicyclic) bond motifs is 1. The molecule has 110 valence electrons. The fourth-order valence-electron chi connectivity index (χ4n) is 2.64. The van der Waals surface area contributed by atoms with E-state index in [1.807, 2.05) is 0 Å². The van der Waals surface area contributed by atoms with E-state index in [1.165, 1.54) is 6.07 Å². The maximum atomic E-state index is 11.4. The van der Waals surface area contributed by atoms with E-state index in [2.05, 4.69) is 5.10 Å². The van der Waals surface area contributed by atoms with Crippen molar-refractivity contribution in [3.63, 3.8) is 0 Å². The third-order valence-corrected chi connectivity index (χ3v) is 4.63. The van der Waals surface area contributed by atoms with Crippen LogP contribution in [0.4, 0.5) is 0 Å². The topological polar surface area (TPSA) is 55.1 Å². The maximum absolute atomic E-state index is 11.4. The van der Waals surface area contributed by atoms with Crippen LogP contribution in [0.5, 0.6) is 0 Å². The minimum atomic E-state index is -1.02. The molecule has 1 aromatic heterocycles. The summed E-state index contributed by atoms with van der Waals surface area (Å²) in [6.07, 6.45) is 3.45. The average molecular weight is 346 g/mol. The Morgan fingerprint density at radius 3 is 2.48 bits per heavy atom. The number of aromatic carboxylic acids is 1. The molecule has 4 nitrogen and oxygen atoms in total. The smallest absolute Gasteiger partial charge is 0.356 e. The van der Waals surface area contributed by atoms with Gasteiger partial charge in [-0.05, 0) is 37.8 Å². The molecule has 0 saturated carbocycles. The lowest BCUT2D eigenvalue weighted by molar-refractivity contribution is 0.0688. The van der Waals surface area contributed by atoms with E-state index in [4.69, 9.17) is 34.8 Å². The first-order valence-electron chi connectivity index (χ1n) is 6.48. The number of rotatable bonds is 2. The van der Waals surface area contributed by atoms with Crippen molar-refractivity contribution < 1.29 is 9.90 Å². The molecule has 0 radical (unpaired) electrons. The predicted octanol–water partition coefficient (Wildman–Crippen LogP) is 4.41. The number of carboxylic acids is 1. The van der Waals surface area contributed by atoms with E-state index in [9.17, 15) is 9.90 Å². The predicted molar refractivity (Wildman–Crippen MR) is 82.2 cm³/mol. The Balaban J connectivity index is 2.24. The number of nitrogens with zero attached hydrogens (tertiary/aromatic N) is 2. The lowest BCUT2D eigenvalue weighted by Gasteiger charge is -2.15. The van der Waals surface area contributed by atoms with Crippen LogP contribution >= 0.6 is 34.8 Å². The molecule has 1 aromatic carbocycles. The van der Waals surface area contributed by atoms with Crippen LogP contribution in [0, 0.1) is 0 Å². The van der Waals surface area contributed by atoms with Gasteiger partial charge in [-0.3, -0.25) is 0 Å². The number of aromatic nitrogens is 2. The number of carboxylic acid groups (broad SMARTS) is 1. The minimum Gasteiger partial charge on any atom is -0.476 e. The largest absolute Gasteiger partial charge is 0.476 e. The molecule has 0 saturated heterocycles. The molecule has 0 bridgehead atoms. The standard InChI is InChI=1S/C14H11Cl3N2O2/c15-8-5-10(17)12(6-9(8)16)19-11-4-2-1-3-7(11)13(18-19)14(20)21/h5-6H,1-4H2,(H,20,21). The van der Waals surface area contributed by atoms with Crippen LogP contribution in [0.15, 0.2) is 12.1 Å². The van der Waals surface area contributed by atoms with Crippen LogP contribution in [-0.4, -0.2) is 20.9 Å². The highest BCUT2D eigenvalue weighted by molar-refractivity contribution is 6.43. The average Bonchev–Trinajstić information content (AvgIpc) is 2.82. The minimum absolute atomic E-state index is 0.0897. The number of halogens is 3. The molecule has 1 N–H and O–H groups in total. The Morgan fingerprint density at radius 2 is 1.76 bits per heavy atom.